The molecule has 0 bridgehead atoms. The molecule has 0 fully saturated rings. The molecule has 0 aliphatic rings. The Morgan fingerprint density at radius 1 is 1.13 bits per heavy atom. The van der Waals surface area contributed by atoms with Crippen molar-refractivity contribution in [1.82, 2.24) is 0 Å². The first kappa shape index (κ1) is 9.60. The molecule has 1 aromatic heterocycles. The van der Waals surface area contributed by atoms with Crippen molar-refractivity contribution in [2.45, 2.75) is 6.82 Å². The SMILES string of the molecule is C[B]c1ccc(-c2ccc(C#N)cc2)o1. The molecular weight excluding hydrogens is 185 g/mol. The summed E-state index contributed by atoms with van der Waals surface area (Å²) < 4.78 is 5.55. The van der Waals surface area contributed by atoms with Gasteiger partial charge in [-0.2, -0.15) is 5.26 Å². The second-order valence-electron chi connectivity index (χ2n) is 3.18. The smallest absolute Gasteiger partial charge is 0.198 e. The third-order valence-corrected chi connectivity index (χ3v) is 2.21. The van der Waals surface area contributed by atoms with Crippen LogP contribution in [-0.4, -0.2) is 7.28 Å². The summed E-state index contributed by atoms with van der Waals surface area (Å²) in [5.41, 5.74) is 2.50. The third-order valence-electron chi connectivity index (χ3n) is 2.21. The molecule has 2 nitrogen and oxygen atoms in total. The molecule has 3 heteroatoms. The van der Waals surface area contributed by atoms with E-state index in [1.807, 2.05) is 38.4 Å². The number of benzene rings is 1. The van der Waals surface area contributed by atoms with Crippen LogP contribution >= 0.6 is 0 Å². The Bertz CT molecular complexity index is 493. The minimum absolute atomic E-state index is 0.660. The van der Waals surface area contributed by atoms with Crippen LogP contribution in [0.3, 0.4) is 0 Å². The van der Waals surface area contributed by atoms with E-state index >= 15 is 0 Å². The zero-order valence-corrected chi connectivity index (χ0v) is 8.40. The van der Waals surface area contributed by atoms with Gasteiger partial charge in [0, 0.05) is 5.56 Å². The molecule has 0 saturated heterocycles. The van der Waals surface area contributed by atoms with Gasteiger partial charge in [0.05, 0.1) is 17.3 Å². The lowest BCUT2D eigenvalue weighted by molar-refractivity contribution is 0.616. The number of rotatable bonds is 2. The van der Waals surface area contributed by atoms with Gasteiger partial charge in [-0.15, -0.1) is 0 Å². The first-order valence-electron chi connectivity index (χ1n) is 4.73. The Kier molecular flexibility index (Phi) is 2.60. The fourth-order valence-electron chi connectivity index (χ4n) is 1.37. The average Bonchev–Trinajstić information content (AvgIpc) is 2.78. The van der Waals surface area contributed by atoms with Crippen LogP contribution in [0.25, 0.3) is 11.3 Å². The molecule has 1 radical (unpaired) electrons. The van der Waals surface area contributed by atoms with E-state index in [2.05, 4.69) is 6.07 Å². The van der Waals surface area contributed by atoms with Gasteiger partial charge in [0.15, 0.2) is 7.28 Å². The summed E-state index contributed by atoms with van der Waals surface area (Å²) in [6.45, 7) is 1.93. The van der Waals surface area contributed by atoms with Crippen molar-refractivity contribution >= 4 is 12.9 Å². The maximum atomic E-state index is 8.66. The van der Waals surface area contributed by atoms with Crippen molar-refractivity contribution in [3.05, 3.63) is 42.0 Å². The molecule has 0 saturated carbocycles. The van der Waals surface area contributed by atoms with E-state index in [1.54, 1.807) is 12.1 Å². The van der Waals surface area contributed by atoms with E-state index in [0.717, 1.165) is 17.0 Å². The van der Waals surface area contributed by atoms with Gasteiger partial charge >= 0.3 is 0 Å². The first-order valence-corrected chi connectivity index (χ1v) is 4.73. The predicted molar refractivity (Wildman–Crippen MR) is 60.1 cm³/mol. The highest BCUT2D eigenvalue weighted by Crippen LogP contribution is 2.18. The monoisotopic (exact) mass is 194 g/mol. The molecule has 0 atom stereocenters. The summed E-state index contributed by atoms with van der Waals surface area (Å²) in [7, 11) is 1.91. The molecule has 0 spiro atoms. The first-order chi connectivity index (χ1) is 7.33. The quantitative estimate of drug-likeness (QED) is 0.687. The fraction of sp³-hybridized carbons (Fsp3) is 0.0833. The molecule has 15 heavy (non-hydrogen) atoms. The molecule has 2 aromatic rings. The zero-order valence-electron chi connectivity index (χ0n) is 8.40. The average molecular weight is 194 g/mol. The van der Waals surface area contributed by atoms with E-state index in [4.69, 9.17) is 9.68 Å². The molecule has 0 aliphatic heterocycles. The van der Waals surface area contributed by atoms with Gasteiger partial charge < -0.3 is 4.42 Å². The summed E-state index contributed by atoms with van der Waals surface area (Å²) in [6.07, 6.45) is 0. The minimum Gasteiger partial charge on any atom is -0.472 e. The van der Waals surface area contributed by atoms with Crippen molar-refractivity contribution in [1.29, 1.82) is 5.26 Å². The summed E-state index contributed by atoms with van der Waals surface area (Å²) in [4.78, 5) is 0. The zero-order chi connectivity index (χ0) is 10.7. The van der Waals surface area contributed by atoms with Crippen LogP contribution in [0.5, 0.6) is 0 Å². The highest BCUT2D eigenvalue weighted by Gasteiger charge is 2.03. The van der Waals surface area contributed by atoms with Crippen LogP contribution in [0.1, 0.15) is 5.56 Å². The van der Waals surface area contributed by atoms with Crippen molar-refractivity contribution in [2.75, 3.05) is 0 Å². The van der Waals surface area contributed by atoms with Crippen LogP contribution in [0.2, 0.25) is 6.82 Å². The second kappa shape index (κ2) is 4.06. The van der Waals surface area contributed by atoms with Gasteiger partial charge in [-0.05, 0) is 36.4 Å². The highest BCUT2D eigenvalue weighted by atomic mass is 16.3. The van der Waals surface area contributed by atoms with Gasteiger partial charge in [-0.3, -0.25) is 0 Å². The molecule has 0 aliphatic carbocycles. The van der Waals surface area contributed by atoms with Crippen LogP contribution in [0, 0.1) is 11.3 Å². The van der Waals surface area contributed by atoms with Crippen LogP contribution in [0.4, 0.5) is 0 Å². The lowest BCUT2D eigenvalue weighted by Crippen LogP contribution is -2.04. The maximum absolute atomic E-state index is 8.66. The Hall–Kier alpha value is -1.95. The predicted octanol–water partition coefficient (Wildman–Crippen LogP) is 2.20. The number of hydrogen-bond acceptors (Lipinski definition) is 2. The lowest BCUT2D eigenvalue weighted by atomic mass is 9.79. The number of hydrogen-bond donors (Lipinski definition) is 0. The van der Waals surface area contributed by atoms with Crippen LogP contribution < -0.4 is 5.66 Å². The molecule has 2 rings (SSSR count). The van der Waals surface area contributed by atoms with E-state index in [-0.39, 0.29) is 0 Å². The van der Waals surface area contributed by atoms with Gasteiger partial charge in [0.1, 0.15) is 5.76 Å². The standard InChI is InChI=1S/C12H9BNO/c1-13-12-7-6-11(15-12)10-4-2-9(8-14)3-5-10/h2-7H,1H3. The lowest BCUT2D eigenvalue weighted by Gasteiger charge is -1.96. The van der Waals surface area contributed by atoms with Crippen molar-refractivity contribution in [3.8, 4) is 17.4 Å². The van der Waals surface area contributed by atoms with Gasteiger partial charge in [0.25, 0.3) is 0 Å². The molecular formula is C12H9BNO. The van der Waals surface area contributed by atoms with Crippen molar-refractivity contribution < 1.29 is 4.42 Å². The molecule has 1 aromatic carbocycles. The Morgan fingerprint density at radius 3 is 2.40 bits per heavy atom. The highest BCUT2D eigenvalue weighted by molar-refractivity contribution is 6.50. The summed E-state index contributed by atoms with van der Waals surface area (Å²) in [6, 6.07) is 13.3. The Morgan fingerprint density at radius 2 is 1.87 bits per heavy atom. The molecule has 0 amide bonds. The topological polar surface area (TPSA) is 36.9 Å². The van der Waals surface area contributed by atoms with Gasteiger partial charge in [-0.1, -0.05) is 6.82 Å². The Labute approximate surface area is 89.4 Å². The fourth-order valence-corrected chi connectivity index (χ4v) is 1.37. The van der Waals surface area contributed by atoms with Gasteiger partial charge in [-0.25, -0.2) is 0 Å². The van der Waals surface area contributed by atoms with Crippen LogP contribution in [0.15, 0.2) is 40.8 Å². The molecule has 1 heterocycles. The largest absolute Gasteiger partial charge is 0.472 e. The normalized spacial score (nSPS) is 9.60. The summed E-state index contributed by atoms with van der Waals surface area (Å²) >= 11 is 0. The van der Waals surface area contributed by atoms with E-state index < -0.39 is 0 Å². The van der Waals surface area contributed by atoms with E-state index in [0.29, 0.717) is 5.56 Å². The summed E-state index contributed by atoms with van der Waals surface area (Å²) in [5.74, 6) is 0.826. The number of nitriles is 1. The maximum Gasteiger partial charge on any atom is 0.198 e. The minimum atomic E-state index is 0.660. The number of nitrogens with zero attached hydrogens (tertiary/aromatic N) is 1. The van der Waals surface area contributed by atoms with Crippen molar-refractivity contribution in [3.63, 3.8) is 0 Å². The number of furan rings is 1. The summed E-state index contributed by atoms with van der Waals surface area (Å²) in [5, 5.41) is 8.66. The molecule has 71 valence electrons. The van der Waals surface area contributed by atoms with E-state index in [1.165, 1.54) is 0 Å². The van der Waals surface area contributed by atoms with Gasteiger partial charge in [0.2, 0.25) is 0 Å². The van der Waals surface area contributed by atoms with E-state index in [9.17, 15) is 0 Å². The second-order valence-corrected chi connectivity index (χ2v) is 3.18. The molecule has 0 unspecified atom stereocenters. The van der Waals surface area contributed by atoms with Crippen LogP contribution in [-0.2, 0) is 0 Å². The third kappa shape index (κ3) is 1.94. The van der Waals surface area contributed by atoms with Crippen molar-refractivity contribution in [2.24, 2.45) is 0 Å². The Balaban J connectivity index is 2.33. The molecule has 0 N–H and O–H groups in total.